The molecule has 0 aromatic carbocycles. The number of hydrogen-bond acceptors (Lipinski definition) is 5. The van der Waals surface area contributed by atoms with Gasteiger partial charge in [0.1, 0.15) is 5.82 Å². The zero-order valence-corrected chi connectivity index (χ0v) is 14.7. The predicted octanol–water partition coefficient (Wildman–Crippen LogP) is 2.00. The Balaban J connectivity index is 1.34. The molecule has 2 amide bonds. The summed E-state index contributed by atoms with van der Waals surface area (Å²) in [5, 5.41) is 6.78. The number of anilines is 1. The van der Waals surface area contributed by atoms with Crippen molar-refractivity contribution >= 4 is 29.0 Å². The summed E-state index contributed by atoms with van der Waals surface area (Å²) in [5.41, 5.74) is 1.37. The molecular weight excluding hydrogens is 336 g/mol. The van der Waals surface area contributed by atoms with Crippen molar-refractivity contribution in [1.82, 2.24) is 15.2 Å². The summed E-state index contributed by atoms with van der Waals surface area (Å²) in [5.74, 6) is 0.902. The summed E-state index contributed by atoms with van der Waals surface area (Å²) in [7, 11) is 0. The molecule has 2 fully saturated rings. The van der Waals surface area contributed by atoms with Crippen LogP contribution in [0.5, 0.6) is 0 Å². The minimum atomic E-state index is -0.0484. The number of thiophene rings is 1. The van der Waals surface area contributed by atoms with E-state index in [0.29, 0.717) is 24.7 Å². The second kappa shape index (κ2) is 6.84. The van der Waals surface area contributed by atoms with Gasteiger partial charge in [-0.2, -0.15) is 11.3 Å². The third-order valence-electron chi connectivity index (χ3n) is 4.58. The quantitative estimate of drug-likeness (QED) is 0.910. The fourth-order valence-corrected chi connectivity index (χ4v) is 3.54. The molecule has 1 saturated carbocycles. The van der Waals surface area contributed by atoms with E-state index in [2.05, 4.69) is 15.2 Å². The Bertz CT molecular complexity index is 748. The summed E-state index contributed by atoms with van der Waals surface area (Å²) in [6.07, 6.45) is 3.78. The topological polar surface area (TPSA) is 65.5 Å². The van der Waals surface area contributed by atoms with Crippen LogP contribution in [-0.2, 0) is 0 Å². The van der Waals surface area contributed by atoms with E-state index in [0.717, 1.165) is 37.3 Å². The van der Waals surface area contributed by atoms with Crippen molar-refractivity contribution in [1.29, 1.82) is 0 Å². The molecule has 0 radical (unpaired) electrons. The van der Waals surface area contributed by atoms with Gasteiger partial charge in [0.15, 0.2) is 0 Å². The van der Waals surface area contributed by atoms with Crippen molar-refractivity contribution < 1.29 is 9.59 Å². The SMILES string of the molecule is O=C(NC1CC1)c1ccc(N2CCN(C(=O)c3ccsc3)CC2)nc1. The first kappa shape index (κ1) is 16.1. The van der Waals surface area contributed by atoms with Crippen LogP contribution in [0.4, 0.5) is 5.82 Å². The monoisotopic (exact) mass is 356 g/mol. The average Bonchev–Trinajstić information content (AvgIpc) is 3.30. The summed E-state index contributed by atoms with van der Waals surface area (Å²) in [4.78, 5) is 32.8. The molecular formula is C18H20N4O2S. The number of carbonyl (C=O) groups excluding carboxylic acids is 2. The number of nitrogens with zero attached hydrogens (tertiary/aromatic N) is 3. The lowest BCUT2D eigenvalue weighted by atomic mass is 10.2. The number of piperazine rings is 1. The number of pyridine rings is 1. The number of hydrogen-bond donors (Lipinski definition) is 1. The van der Waals surface area contributed by atoms with Gasteiger partial charge in [0.05, 0.1) is 11.1 Å². The van der Waals surface area contributed by atoms with Crippen LogP contribution in [0, 0.1) is 0 Å². The van der Waals surface area contributed by atoms with Crippen LogP contribution >= 0.6 is 11.3 Å². The summed E-state index contributed by atoms with van der Waals surface area (Å²) in [6.45, 7) is 2.85. The molecule has 1 saturated heterocycles. The highest BCUT2D eigenvalue weighted by atomic mass is 32.1. The van der Waals surface area contributed by atoms with Gasteiger partial charge in [-0.25, -0.2) is 4.98 Å². The zero-order chi connectivity index (χ0) is 17.2. The van der Waals surface area contributed by atoms with Crippen molar-refractivity contribution in [2.75, 3.05) is 31.1 Å². The molecule has 0 atom stereocenters. The predicted molar refractivity (Wildman–Crippen MR) is 97.2 cm³/mol. The molecule has 3 heterocycles. The number of amides is 2. The van der Waals surface area contributed by atoms with Crippen molar-refractivity contribution in [2.24, 2.45) is 0 Å². The van der Waals surface area contributed by atoms with Crippen LogP contribution in [0.2, 0.25) is 0 Å². The molecule has 0 spiro atoms. The lowest BCUT2D eigenvalue weighted by molar-refractivity contribution is 0.0746. The molecule has 2 aromatic heterocycles. The third kappa shape index (κ3) is 3.66. The standard InChI is InChI=1S/C18H20N4O2S/c23-17(20-15-2-3-15)13-1-4-16(19-11-13)21-6-8-22(9-7-21)18(24)14-5-10-25-12-14/h1,4-5,10-12,15H,2-3,6-9H2,(H,20,23). The van der Waals surface area contributed by atoms with E-state index in [1.54, 1.807) is 6.20 Å². The van der Waals surface area contributed by atoms with Gasteiger partial charge >= 0.3 is 0 Å². The Hall–Kier alpha value is -2.41. The number of rotatable bonds is 4. The van der Waals surface area contributed by atoms with Gasteiger partial charge in [-0.15, -0.1) is 0 Å². The minimum Gasteiger partial charge on any atom is -0.353 e. The highest BCUT2D eigenvalue weighted by Gasteiger charge is 2.25. The van der Waals surface area contributed by atoms with Crippen molar-refractivity contribution in [3.05, 3.63) is 46.3 Å². The zero-order valence-electron chi connectivity index (χ0n) is 13.9. The molecule has 7 heteroatoms. The van der Waals surface area contributed by atoms with Gasteiger partial charge in [0, 0.05) is 43.8 Å². The van der Waals surface area contributed by atoms with Gasteiger partial charge in [0.25, 0.3) is 11.8 Å². The highest BCUT2D eigenvalue weighted by molar-refractivity contribution is 7.08. The molecule has 1 aliphatic carbocycles. The molecule has 130 valence electrons. The lowest BCUT2D eigenvalue weighted by Crippen LogP contribution is -2.49. The summed E-state index contributed by atoms with van der Waals surface area (Å²) >= 11 is 1.54. The molecule has 25 heavy (non-hydrogen) atoms. The third-order valence-corrected chi connectivity index (χ3v) is 5.26. The van der Waals surface area contributed by atoms with Crippen LogP contribution in [0.15, 0.2) is 35.2 Å². The molecule has 2 aliphatic rings. The van der Waals surface area contributed by atoms with E-state index in [4.69, 9.17) is 0 Å². The van der Waals surface area contributed by atoms with Gasteiger partial charge in [0.2, 0.25) is 0 Å². The number of nitrogens with one attached hydrogen (secondary N) is 1. The fraction of sp³-hybridized carbons (Fsp3) is 0.389. The first-order chi connectivity index (χ1) is 12.2. The van der Waals surface area contributed by atoms with Crippen LogP contribution in [0.25, 0.3) is 0 Å². The molecule has 6 nitrogen and oxygen atoms in total. The van der Waals surface area contributed by atoms with Crippen LogP contribution in [0.1, 0.15) is 33.6 Å². The molecule has 0 unspecified atom stereocenters. The fourth-order valence-electron chi connectivity index (χ4n) is 2.91. The van der Waals surface area contributed by atoms with Gasteiger partial charge in [-0.05, 0) is 36.4 Å². The smallest absolute Gasteiger partial charge is 0.254 e. The Morgan fingerprint density at radius 2 is 1.88 bits per heavy atom. The second-order valence-electron chi connectivity index (χ2n) is 6.44. The Morgan fingerprint density at radius 1 is 1.08 bits per heavy atom. The number of carbonyl (C=O) groups is 2. The Labute approximate surface area is 150 Å². The summed E-state index contributed by atoms with van der Waals surface area (Å²) < 4.78 is 0. The average molecular weight is 356 g/mol. The van der Waals surface area contributed by atoms with Crippen LogP contribution in [0.3, 0.4) is 0 Å². The van der Waals surface area contributed by atoms with E-state index in [9.17, 15) is 9.59 Å². The normalized spacial score (nSPS) is 17.4. The van der Waals surface area contributed by atoms with E-state index in [1.807, 2.05) is 33.9 Å². The van der Waals surface area contributed by atoms with E-state index in [-0.39, 0.29) is 11.8 Å². The largest absolute Gasteiger partial charge is 0.353 e. The van der Waals surface area contributed by atoms with E-state index < -0.39 is 0 Å². The van der Waals surface area contributed by atoms with Gasteiger partial charge in [-0.1, -0.05) is 0 Å². The Morgan fingerprint density at radius 3 is 2.48 bits per heavy atom. The van der Waals surface area contributed by atoms with Crippen LogP contribution in [-0.4, -0.2) is 53.9 Å². The summed E-state index contributed by atoms with van der Waals surface area (Å²) in [6, 6.07) is 5.92. The van der Waals surface area contributed by atoms with Crippen molar-refractivity contribution in [3.8, 4) is 0 Å². The van der Waals surface area contributed by atoms with E-state index in [1.165, 1.54) is 11.3 Å². The highest BCUT2D eigenvalue weighted by Crippen LogP contribution is 2.20. The van der Waals surface area contributed by atoms with Crippen molar-refractivity contribution in [3.63, 3.8) is 0 Å². The lowest BCUT2D eigenvalue weighted by Gasteiger charge is -2.35. The van der Waals surface area contributed by atoms with E-state index >= 15 is 0 Å². The second-order valence-corrected chi connectivity index (χ2v) is 7.22. The Kier molecular flexibility index (Phi) is 4.40. The molecule has 4 rings (SSSR count). The maximum atomic E-state index is 12.4. The molecule has 2 aromatic rings. The van der Waals surface area contributed by atoms with Gasteiger partial charge < -0.3 is 15.1 Å². The first-order valence-corrected chi connectivity index (χ1v) is 9.48. The maximum absolute atomic E-state index is 12.4. The van der Waals surface area contributed by atoms with Crippen LogP contribution < -0.4 is 10.2 Å². The molecule has 1 aliphatic heterocycles. The van der Waals surface area contributed by atoms with Crippen molar-refractivity contribution in [2.45, 2.75) is 18.9 Å². The minimum absolute atomic E-state index is 0.0484. The molecule has 0 bridgehead atoms. The van der Waals surface area contributed by atoms with Gasteiger partial charge in [-0.3, -0.25) is 9.59 Å². The number of aromatic nitrogens is 1. The first-order valence-electron chi connectivity index (χ1n) is 8.54. The molecule has 1 N–H and O–H groups in total. The maximum Gasteiger partial charge on any atom is 0.254 e.